The summed E-state index contributed by atoms with van der Waals surface area (Å²) in [5.74, 6) is 0. The molecular formula is C14H20N2O2S2. The molecule has 110 valence electrons. The third kappa shape index (κ3) is 2.60. The van der Waals surface area contributed by atoms with Crippen molar-refractivity contribution in [3.63, 3.8) is 0 Å². The lowest BCUT2D eigenvalue weighted by Crippen LogP contribution is -2.29. The first-order chi connectivity index (χ1) is 9.51. The van der Waals surface area contributed by atoms with Gasteiger partial charge in [-0.1, -0.05) is 13.3 Å². The van der Waals surface area contributed by atoms with E-state index in [2.05, 4.69) is 11.9 Å². The van der Waals surface area contributed by atoms with E-state index in [1.807, 2.05) is 13.8 Å². The average molecular weight is 312 g/mol. The molecule has 0 bridgehead atoms. The van der Waals surface area contributed by atoms with Crippen LogP contribution in [-0.2, 0) is 4.74 Å². The Hall–Kier alpha value is -0.980. The quantitative estimate of drug-likeness (QED) is 0.856. The Balaban J connectivity index is 2.72. The number of rotatable bonds is 5. The van der Waals surface area contributed by atoms with Crippen molar-refractivity contribution >= 4 is 33.8 Å². The van der Waals surface area contributed by atoms with E-state index in [1.54, 1.807) is 23.0 Å². The number of nitrogens with zero attached hydrogens (tertiary/aromatic N) is 1. The van der Waals surface area contributed by atoms with E-state index in [9.17, 15) is 4.79 Å². The number of aromatic amines is 1. The number of aromatic nitrogens is 2. The molecule has 2 aromatic heterocycles. The summed E-state index contributed by atoms with van der Waals surface area (Å²) in [6, 6.07) is -0.00902. The highest BCUT2D eigenvalue weighted by Crippen LogP contribution is 2.26. The van der Waals surface area contributed by atoms with Crippen molar-refractivity contribution in [3.05, 3.63) is 25.6 Å². The summed E-state index contributed by atoms with van der Waals surface area (Å²) in [6.45, 7) is 6.61. The van der Waals surface area contributed by atoms with Crippen molar-refractivity contribution in [2.45, 2.75) is 39.7 Å². The van der Waals surface area contributed by atoms with Crippen molar-refractivity contribution in [1.29, 1.82) is 0 Å². The monoisotopic (exact) mass is 312 g/mol. The fourth-order valence-electron chi connectivity index (χ4n) is 2.49. The zero-order valence-corrected chi connectivity index (χ0v) is 13.9. The van der Waals surface area contributed by atoms with Crippen molar-refractivity contribution in [2.24, 2.45) is 0 Å². The lowest BCUT2D eigenvalue weighted by molar-refractivity contribution is 0.148. The predicted molar refractivity (Wildman–Crippen MR) is 86.6 cm³/mol. The second kappa shape index (κ2) is 6.20. The molecule has 4 nitrogen and oxygen atoms in total. The summed E-state index contributed by atoms with van der Waals surface area (Å²) in [5, 5.41) is 0.762. The number of H-pyrrole nitrogens is 1. The zero-order valence-electron chi connectivity index (χ0n) is 12.3. The summed E-state index contributed by atoms with van der Waals surface area (Å²) in [5.41, 5.74) is 1.05. The summed E-state index contributed by atoms with van der Waals surface area (Å²) >= 11 is 6.97. The molecule has 0 aliphatic rings. The first-order valence-corrected chi connectivity index (χ1v) is 7.97. The van der Waals surface area contributed by atoms with Gasteiger partial charge in [-0.05, 0) is 38.0 Å². The number of fused-ring (bicyclic) bond motifs is 1. The van der Waals surface area contributed by atoms with Crippen LogP contribution in [0.15, 0.2) is 4.79 Å². The second-order valence-electron chi connectivity index (χ2n) is 4.99. The Kier molecular flexibility index (Phi) is 4.78. The van der Waals surface area contributed by atoms with Crippen LogP contribution in [0.4, 0.5) is 0 Å². The van der Waals surface area contributed by atoms with Gasteiger partial charge in [0.1, 0.15) is 4.83 Å². The van der Waals surface area contributed by atoms with E-state index in [0.29, 0.717) is 11.4 Å². The largest absolute Gasteiger partial charge is 0.383 e. The molecule has 0 spiro atoms. The minimum atomic E-state index is -0.00902. The summed E-state index contributed by atoms with van der Waals surface area (Å²) < 4.78 is 7.42. The first kappa shape index (κ1) is 15.4. The molecule has 0 aliphatic carbocycles. The number of hydrogen-bond donors (Lipinski definition) is 1. The molecule has 6 heteroatoms. The van der Waals surface area contributed by atoms with Crippen LogP contribution in [0.25, 0.3) is 10.2 Å². The normalized spacial score (nSPS) is 13.0. The van der Waals surface area contributed by atoms with Gasteiger partial charge in [0.05, 0.1) is 18.0 Å². The minimum absolute atomic E-state index is 0.00102. The topological polar surface area (TPSA) is 47.0 Å². The molecule has 2 heterocycles. The fraction of sp³-hybridized carbons (Fsp3) is 0.571. The Morgan fingerprint density at radius 3 is 2.75 bits per heavy atom. The lowest BCUT2D eigenvalue weighted by Gasteiger charge is -2.18. The average Bonchev–Trinajstić information content (AvgIpc) is 2.65. The third-order valence-corrected chi connectivity index (χ3v) is 5.02. The first-order valence-electron chi connectivity index (χ1n) is 6.74. The van der Waals surface area contributed by atoms with E-state index in [0.717, 1.165) is 33.5 Å². The zero-order chi connectivity index (χ0) is 14.9. The summed E-state index contributed by atoms with van der Waals surface area (Å²) in [4.78, 5) is 18.0. The molecule has 0 radical (unpaired) electrons. The summed E-state index contributed by atoms with van der Waals surface area (Å²) in [6.07, 6.45) is 1.85. The Morgan fingerprint density at radius 1 is 1.45 bits per heavy atom. The van der Waals surface area contributed by atoms with Gasteiger partial charge in [-0.3, -0.25) is 9.36 Å². The van der Waals surface area contributed by atoms with Crippen LogP contribution in [0.1, 0.15) is 36.2 Å². The van der Waals surface area contributed by atoms with Crippen molar-refractivity contribution in [3.8, 4) is 0 Å². The van der Waals surface area contributed by atoms with Gasteiger partial charge in [0, 0.05) is 12.0 Å². The van der Waals surface area contributed by atoms with Gasteiger partial charge in [-0.15, -0.1) is 11.3 Å². The number of methoxy groups -OCH3 is 1. The molecular weight excluding hydrogens is 292 g/mol. The van der Waals surface area contributed by atoms with E-state index < -0.39 is 0 Å². The summed E-state index contributed by atoms with van der Waals surface area (Å²) in [7, 11) is 1.65. The van der Waals surface area contributed by atoms with Crippen molar-refractivity contribution in [2.75, 3.05) is 13.7 Å². The lowest BCUT2D eigenvalue weighted by atomic mass is 10.1. The SMILES string of the molecule is CCCC(COC)n1c(=S)[nH]c2sc(C)c(C)c2c1=O. The van der Waals surface area contributed by atoms with Crippen LogP contribution in [-0.4, -0.2) is 23.3 Å². The maximum Gasteiger partial charge on any atom is 0.263 e. The van der Waals surface area contributed by atoms with Crippen LogP contribution in [0.2, 0.25) is 0 Å². The molecule has 0 aliphatic heterocycles. The van der Waals surface area contributed by atoms with E-state index >= 15 is 0 Å². The maximum atomic E-state index is 12.8. The molecule has 0 saturated heterocycles. The molecule has 0 saturated carbocycles. The minimum Gasteiger partial charge on any atom is -0.383 e. The van der Waals surface area contributed by atoms with Crippen LogP contribution >= 0.6 is 23.6 Å². The molecule has 2 aromatic rings. The van der Waals surface area contributed by atoms with Crippen LogP contribution < -0.4 is 5.56 Å². The third-order valence-electron chi connectivity index (χ3n) is 3.60. The van der Waals surface area contributed by atoms with E-state index in [-0.39, 0.29) is 11.6 Å². The van der Waals surface area contributed by atoms with Crippen molar-refractivity contribution < 1.29 is 4.74 Å². The molecule has 1 N–H and O–H groups in total. The molecule has 0 amide bonds. The number of hydrogen-bond acceptors (Lipinski definition) is 4. The molecule has 0 fully saturated rings. The maximum absolute atomic E-state index is 12.8. The smallest absolute Gasteiger partial charge is 0.263 e. The molecule has 20 heavy (non-hydrogen) atoms. The fourth-order valence-corrected chi connectivity index (χ4v) is 3.94. The van der Waals surface area contributed by atoms with Gasteiger partial charge >= 0.3 is 0 Å². The van der Waals surface area contributed by atoms with Gasteiger partial charge < -0.3 is 9.72 Å². The highest BCUT2D eigenvalue weighted by molar-refractivity contribution is 7.71. The van der Waals surface area contributed by atoms with Gasteiger partial charge in [0.2, 0.25) is 0 Å². The Labute approximate surface area is 127 Å². The number of ether oxygens (including phenoxy) is 1. The standard InChI is InChI=1S/C14H20N2O2S2/c1-5-6-10(7-18-4)16-13(17)11-8(2)9(3)20-12(11)15-14(16)19/h10H,5-7H2,1-4H3,(H,15,19). The van der Waals surface area contributed by atoms with Gasteiger partial charge in [0.25, 0.3) is 5.56 Å². The predicted octanol–water partition coefficient (Wildman–Crippen LogP) is 3.73. The highest BCUT2D eigenvalue weighted by atomic mass is 32.1. The van der Waals surface area contributed by atoms with Gasteiger partial charge in [-0.25, -0.2) is 0 Å². The molecule has 1 unspecified atom stereocenters. The number of aryl methyl sites for hydroxylation is 2. The van der Waals surface area contributed by atoms with Gasteiger partial charge in [-0.2, -0.15) is 0 Å². The van der Waals surface area contributed by atoms with Crippen LogP contribution in [0.3, 0.4) is 0 Å². The Morgan fingerprint density at radius 2 is 2.15 bits per heavy atom. The van der Waals surface area contributed by atoms with Crippen LogP contribution in [0, 0.1) is 18.6 Å². The number of nitrogens with one attached hydrogen (secondary N) is 1. The van der Waals surface area contributed by atoms with Crippen LogP contribution in [0.5, 0.6) is 0 Å². The van der Waals surface area contributed by atoms with E-state index in [1.165, 1.54) is 0 Å². The van der Waals surface area contributed by atoms with Gasteiger partial charge in [0.15, 0.2) is 4.77 Å². The molecule has 2 rings (SSSR count). The molecule has 0 aromatic carbocycles. The number of thiophene rings is 1. The highest BCUT2D eigenvalue weighted by Gasteiger charge is 2.18. The van der Waals surface area contributed by atoms with E-state index in [4.69, 9.17) is 17.0 Å². The second-order valence-corrected chi connectivity index (χ2v) is 6.60. The van der Waals surface area contributed by atoms with Crippen molar-refractivity contribution in [1.82, 2.24) is 9.55 Å². The Bertz CT molecular complexity index is 721. The molecule has 1 atom stereocenters.